The van der Waals surface area contributed by atoms with Crippen LogP contribution in [0.3, 0.4) is 0 Å². The number of hydrogen-bond donors (Lipinski definition) is 4. The molecule has 156 valence electrons. The molecule has 3 fully saturated rings. The van der Waals surface area contributed by atoms with Gasteiger partial charge in [0.15, 0.2) is 0 Å². The first-order chi connectivity index (χ1) is 12.9. The van der Waals surface area contributed by atoms with Crippen molar-refractivity contribution in [2.24, 2.45) is 11.5 Å². The molecule has 11 heteroatoms. The number of carbonyl (C=O) groups is 4. The largest absolute Gasteiger partial charge is 0.391 e. The van der Waals surface area contributed by atoms with Gasteiger partial charge in [0.2, 0.25) is 23.6 Å². The summed E-state index contributed by atoms with van der Waals surface area (Å²) in [5.41, 5.74) is 8.74. The molecule has 0 bridgehead atoms. The highest BCUT2D eigenvalue weighted by Gasteiger charge is 2.72. The van der Waals surface area contributed by atoms with Crippen molar-refractivity contribution in [1.82, 2.24) is 14.7 Å². The Kier molecular flexibility index (Phi) is 4.68. The zero-order valence-corrected chi connectivity index (χ0v) is 16.2. The fourth-order valence-electron chi connectivity index (χ4n) is 4.98. The van der Waals surface area contributed by atoms with Crippen LogP contribution < -0.4 is 11.5 Å². The molecule has 0 saturated carbocycles. The molecule has 28 heavy (non-hydrogen) atoms. The van der Waals surface area contributed by atoms with Crippen LogP contribution in [0.1, 0.15) is 26.7 Å². The summed E-state index contributed by atoms with van der Waals surface area (Å²) in [7, 11) is 1.67. The maximum atomic E-state index is 12.9. The van der Waals surface area contributed by atoms with E-state index in [1.165, 1.54) is 23.6 Å². The number of aliphatic hydroxyl groups is 2. The minimum Gasteiger partial charge on any atom is -0.391 e. The van der Waals surface area contributed by atoms with E-state index in [4.69, 9.17) is 11.5 Å². The van der Waals surface area contributed by atoms with E-state index in [0.717, 1.165) is 0 Å². The number of primary amides is 2. The van der Waals surface area contributed by atoms with Crippen LogP contribution >= 0.6 is 0 Å². The maximum absolute atomic E-state index is 12.9. The first-order valence-electron chi connectivity index (χ1n) is 9.21. The molecule has 0 aromatic carbocycles. The molecule has 3 rings (SSSR count). The Morgan fingerprint density at radius 3 is 1.43 bits per heavy atom. The molecule has 0 aromatic rings. The van der Waals surface area contributed by atoms with Gasteiger partial charge in [-0.15, -0.1) is 0 Å². The lowest BCUT2D eigenvalue weighted by atomic mass is 9.83. The van der Waals surface area contributed by atoms with Crippen LogP contribution in [0.5, 0.6) is 0 Å². The molecule has 6 atom stereocenters. The summed E-state index contributed by atoms with van der Waals surface area (Å²) in [5, 5.41) is 19.6. The lowest BCUT2D eigenvalue weighted by Crippen LogP contribution is -2.82. The number of amides is 4. The molecule has 6 N–H and O–H groups in total. The number of hydrogen-bond acceptors (Lipinski definition) is 7. The minimum atomic E-state index is -1.12. The van der Waals surface area contributed by atoms with E-state index in [1.807, 2.05) is 0 Å². The smallest absolute Gasteiger partial charge is 0.245 e. The molecule has 3 heterocycles. The Balaban J connectivity index is 1.77. The normalized spacial score (nSPS) is 34.2. The van der Waals surface area contributed by atoms with E-state index in [2.05, 4.69) is 0 Å². The average molecular weight is 397 g/mol. The molecule has 11 nitrogen and oxygen atoms in total. The van der Waals surface area contributed by atoms with Gasteiger partial charge in [0.05, 0.1) is 12.2 Å². The van der Waals surface area contributed by atoms with Crippen LogP contribution in [-0.4, -0.2) is 104 Å². The van der Waals surface area contributed by atoms with Crippen LogP contribution in [0.25, 0.3) is 0 Å². The lowest BCUT2D eigenvalue weighted by Gasteiger charge is -2.59. The van der Waals surface area contributed by atoms with Crippen molar-refractivity contribution in [3.63, 3.8) is 0 Å². The number of nitrogens with zero attached hydrogens (tertiary/aromatic N) is 3. The van der Waals surface area contributed by atoms with Crippen LogP contribution in [0.15, 0.2) is 0 Å². The van der Waals surface area contributed by atoms with Crippen molar-refractivity contribution in [2.45, 2.75) is 62.1 Å². The van der Waals surface area contributed by atoms with Gasteiger partial charge in [0, 0.05) is 13.1 Å². The summed E-state index contributed by atoms with van der Waals surface area (Å²) in [5.74, 6) is -2.30. The number of aliphatic hydroxyl groups excluding tert-OH is 2. The molecule has 0 radical (unpaired) electrons. The predicted octanol–water partition coefficient (Wildman–Crippen LogP) is -3.66. The molecule has 0 aliphatic carbocycles. The van der Waals surface area contributed by atoms with Gasteiger partial charge in [0.25, 0.3) is 0 Å². The standard InChI is InChI=1S/C17H27N5O6/c1-8(23)10(12(18)25)21-6-16(14(21)27)4-5-17(20(16)3)7-22(15(17)28)11(9(2)24)13(19)26/h8-11,23-24H,4-7H2,1-3H3,(H2,18,25)(H2,19,26)/t8-,9-,10+,11+,16?,17?/m1/s1. The van der Waals surface area contributed by atoms with Gasteiger partial charge >= 0.3 is 0 Å². The second-order valence-electron chi connectivity index (χ2n) is 8.16. The van der Waals surface area contributed by atoms with E-state index in [-0.39, 0.29) is 24.9 Å². The molecular weight excluding hydrogens is 370 g/mol. The van der Waals surface area contributed by atoms with E-state index >= 15 is 0 Å². The van der Waals surface area contributed by atoms with Crippen LogP contribution in [0.4, 0.5) is 0 Å². The first-order valence-corrected chi connectivity index (χ1v) is 9.21. The Morgan fingerprint density at radius 2 is 1.21 bits per heavy atom. The van der Waals surface area contributed by atoms with Crippen molar-refractivity contribution in [3.05, 3.63) is 0 Å². The third-order valence-corrected chi connectivity index (χ3v) is 6.59. The Morgan fingerprint density at radius 1 is 0.893 bits per heavy atom. The van der Waals surface area contributed by atoms with Gasteiger partial charge in [-0.2, -0.15) is 0 Å². The molecule has 2 unspecified atom stereocenters. The quantitative estimate of drug-likeness (QED) is 0.335. The summed E-state index contributed by atoms with van der Waals surface area (Å²) in [6.45, 7) is 3.12. The second-order valence-corrected chi connectivity index (χ2v) is 8.16. The molecule has 3 aliphatic rings. The van der Waals surface area contributed by atoms with Gasteiger partial charge in [-0.1, -0.05) is 0 Å². The molecule has 3 saturated heterocycles. The van der Waals surface area contributed by atoms with Crippen LogP contribution in [0, 0.1) is 0 Å². The van der Waals surface area contributed by atoms with Crippen molar-refractivity contribution < 1.29 is 29.4 Å². The van der Waals surface area contributed by atoms with Gasteiger partial charge in [-0.3, -0.25) is 24.1 Å². The zero-order valence-electron chi connectivity index (χ0n) is 16.2. The maximum Gasteiger partial charge on any atom is 0.245 e. The number of carbonyl (C=O) groups excluding carboxylic acids is 4. The number of rotatable bonds is 6. The van der Waals surface area contributed by atoms with E-state index in [1.54, 1.807) is 11.9 Å². The van der Waals surface area contributed by atoms with E-state index in [0.29, 0.717) is 12.8 Å². The van der Waals surface area contributed by atoms with Crippen LogP contribution in [0.2, 0.25) is 0 Å². The highest BCUT2D eigenvalue weighted by atomic mass is 16.3. The lowest BCUT2D eigenvalue weighted by molar-refractivity contribution is -0.188. The van der Waals surface area contributed by atoms with Crippen LogP contribution in [-0.2, 0) is 19.2 Å². The van der Waals surface area contributed by atoms with E-state index < -0.39 is 47.2 Å². The van der Waals surface area contributed by atoms with Gasteiger partial charge in [-0.25, -0.2) is 0 Å². The third-order valence-electron chi connectivity index (χ3n) is 6.59. The fourth-order valence-corrected chi connectivity index (χ4v) is 4.98. The predicted molar refractivity (Wildman–Crippen MR) is 95.2 cm³/mol. The second kappa shape index (κ2) is 6.39. The summed E-state index contributed by atoms with van der Waals surface area (Å²) >= 11 is 0. The number of likely N-dealkylation sites (N-methyl/N-ethyl adjacent to an activating group) is 1. The molecule has 2 spiro atoms. The topological polar surface area (TPSA) is 170 Å². The fraction of sp³-hybridized carbons (Fsp3) is 0.765. The zero-order chi connectivity index (χ0) is 21.2. The van der Waals surface area contributed by atoms with Crippen molar-refractivity contribution in [3.8, 4) is 0 Å². The molecular formula is C17H27N5O6. The number of nitrogens with two attached hydrogens (primary N) is 2. The van der Waals surface area contributed by atoms with Gasteiger partial charge in [-0.05, 0) is 33.7 Å². The molecule has 4 amide bonds. The van der Waals surface area contributed by atoms with E-state index in [9.17, 15) is 29.4 Å². The molecule has 0 aromatic heterocycles. The minimum absolute atomic E-state index is 0.172. The summed E-state index contributed by atoms with van der Waals surface area (Å²) in [6.07, 6.45) is -1.41. The Labute approximate surface area is 162 Å². The SMILES string of the molecule is C[C@@H](O)[C@@H](C(N)=O)N1CC2(CCC3(CN([C@H](C(N)=O)[C@@H](C)O)C3=O)N2C)C1=O. The van der Waals surface area contributed by atoms with Crippen molar-refractivity contribution in [1.29, 1.82) is 0 Å². The highest BCUT2D eigenvalue weighted by Crippen LogP contribution is 2.51. The Bertz CT molecular complexity index is 682. The van der Waals surface area contributed by atoms with Crippen molar-refractivity contribution >= 4 is 23.6 Å². The van der Waals surface area contributed by atoms with Gasteiger partial charge < -0.3 is 31.5 Å². The molecule has 3 aliphatic heterocycles. The summed E-state index contributed by atoms with van der Waals surface area (Å²) in [6, 6.07) is -2.24. The third kappa shape index (κ3) is 2.46. The number of β-lactam (4-membered cyclic amide) rings is 2. The van der Waals surface area contributed by atoms with Gasteiger partial charge in [0.1, 0.15) is 23.2 Å². The summed E-state index contributed by atoms with van der Waals surface area (Å²) < 4.78 is 0. The summed E-state index contributed by atoms with van der Waals surface area (Å²) in [4.78, 5) is 53.3. The first kappa shape index (κ1) is 20.5. The monoisotopic (exact) mass is 397 g/mol. The Hall–Kier alpha value is -2.24. The average Bonchev–Trinajstić information content (AvgIpc) is 2.90. The number of likely N-dealkylation sites (tertiary alicyclic amines) is 3. The van der Waals surface area contributed by atoms with Crippen molar-refractivity contribution in [2.75, 3.05) is 20.1 Å². The highest BCUT2D eigenvalue weighted by molar-refractivity contribution is 6.02.